The average Bonchev–Trinajstić information content (AvgIpc) is 3.06. The summed E-state index contributed by atoms with van der Waals surface area (Å²) in [6.07, 6.45) is 4.39. The molecule has 2 aliphatic heterocycles. The van der Waals surface area contributed by atoms with Crippen molar-refractivity contribution in [3.8, 4) is 0 Å². The number of nitrogens with zero attached hydrogens (tertiary/aromatic N) is 1. The fourth-order valence-corrected chi connectivity index (χ4v) is 4.65. The zero-order chi connectivity index (χ0) is 15.8. The minimum absolute atomic E-state index is 0.157. The minimum Gasteiger partial charge on any atom is -0.381 e. The molecule has 0 radical (unpaired) electrons. The van der Waals surface area contributed by atoms with Gasteiger partial charge in [0, 0.05) is 44.6 Å². The lowest BCUT2D eigenvalue weighted by atomic mass is 9.86. The molecule has 1 amide bonds. The molecule has 0 spiro atoms. The first-order chi connectivity index (χ1) is 11.3. The van der Waals surface area contributed by atoms with Gasteiger partial charge in [-0.05, 0) is 30.4 Å². The Labute approximate surface area is 138 Å². The lowest BCUT2D eigenvalue weighted by Crippen LogP contribution is -2.41. The second kappa shape index (κ2) is 6.25. The highest BCUT2D eigenvalue weighted by Crippen LogP contribution is 2.36. The van der Waals surface area contributed by atoms with Crippen LogP contribution in [0.5, 0.6) is 0 Å². The van der Waals surface area contributed by atoms with E-state index in [1.807, 2.05) is 0 Å². The molecule has 0 bridgehead atoms. The number of rotatable bonds is 2. The van der Waals surface area contributed by atoms with Crippen molar-refractivity contribution in [3.05, 3.63) is 35.4 Å². The van der Waals surface area contributed by atoms with E-state index >= 15 is 0 Å². The van der Waals surface area contributed by atoms with E-state index in [1.165, 1.54) is 11.1 Å². The number of nitrogens with one attached hydrogen (secondary N) is 1. The van der Waals surface area contributed by atoms with E-state index in [0.717, 1.165) is 45.3 Å². The Kier molecular flexibility index (Phi) is 4.12. The van der Waals surface area contributed by atoms with Crippen LogP contribution in [0.1, 0.15) is 42.7 Å². The Bertz CT molecular complexity index is 588. The average molecular weight is 314 g/mol. The van der Waals surface area contributed by atoms with Crippen molar-refractivity contribution < 1.29 is 9.53 Å². The van der Waals surface area contributed by atoms with Gasteiger partial charge in [0.05, 0.1) is 6.10 Å². The van der Waals surface area contributed by atoms with E-state index in [0.29, 0.717) is 17.9 Å². The summed E-state index contributed by atoms with van der Waals surface area (Å²) in [5.41, 5.74) is 2.82. The summed E-state index contributed by atoms with van der Waals surface area (Å²) in [4.78, 5) is 15.1. The van der Waals surface area contributed by atoms with Gasteiger partial charge < -0.3 is 15.0 Å². The van der Waals surface area contributed by atoms with Gasteiger partial charge in [-0.1, -0.05) is 30.7 Å². The zero-order valence-electron chi connectivity index (χ0n) is 13.8. The van der Waals surface area contributed by atoms with E-state index in [1.54, 1.807) is 7.11 Å². The second-order valence-electron chi connectivity index (χ2n) is 7.26. The van der Waals surface area contributed by atoms with Crippen LogP contribution in [0.15, 0.2) is 24.3 Å². The number of methoxy groups -OCH3 is 1. The summed E-state index contributed by atoms with van der Waals surface area (Å²) < 4.78 is 5.49. The Hall–Kier alpha value is -1.39. The number of hydrogen-bond donors (Lipinski definition) is 1. The predicted octanol–water partition coefficient (Wildman–Crippen LogP) is 2.29. The van der Waals surface area contributed by atoms with E-state index < -0.39 is 0 Å². The number of carbonyl (C=O) groups is 1. The fraction of sp³-hybridized carbons (Fsp3) is 0.632. The third kappa shape index (κ3) is 2.79. The van der Waals surface area contributed by atoms with Gasteiger partial charge in [0.2, 0.25) is 5.91 Å². The maximum absolute atomic E-state index is 13.0. The summed E-state index contributed by atoms with van der Waals surface area (Å²) in [6, 6.07) is 9.08. The Morgan fingerprint density at radius 2 is 2.13 bits per heavy atom. The standard InChI is InChI=1S/C19H26N2O2/c1-23-15-7-4-6-13(9-15)19(22)21-11-17-16-8-3-2-5-14(16)10-20-18(17)12-21/h2-3,5,8,13,15,17-18,20H,4,6-7,9-12H2,1H3/t13?,15?,17-,18-/m0/s1. The topological polar surface area (TPSA) is 41.6 Å². The van der Waals surface area contributed by atoms with Crippen molar-refractivity contribution in [1.29, 1.82) is 0 Å². The van der Waals surface area contributed by atoms with Crippen LogP contribution in [0, 0.1) is 5.92 Å². The summed E-state index contributed by atoms with van der Waals surface area (Å²) in [7, 11) is 1.77. The van der Waals surface area contributed by atoms with E-state index in [9.17, 15) is 4.79 Å². The minimum atomic E-state index is 0.157. The summed E-state index contributed by atoms with van der Waals surface area (Å²) in [5, 5.41) is 3.63. The van der Waals surface area contributed by atoms with Crippen molar-refractivity contribution >= 4 is 5.91 Å². The molecular formula is C19H26N2O2. The molecule has 2 heterocycles. The Morgan fingerprint density at radius 3 is 3.00 bits per heavy atom. The molecule has 1 aromatic carbocycles. The molecule has 1 aromatic rings. The van der Waals surface area contributed by atoms with Gasteiger partial charge in [0.15, 0.2) is 0 Å². The van der Waals surface area contributed by atoms with Crippen LogP contribution in [0.4, 0.5) is 0 Å². The molecule has 4 nitrogen and oxygen atoms in total. The van der Waals surface area contributed by atoms with Gasteiger partial charge in [-0.2, -0.15) is 0 Å². The van der Waals surface area contributed by atoms with Gasteiger partial charge in [-0.15, -0.1) is 0 Å². The molecule has 23 heavy (non-hydrogen) atoms. The molecule has 1 saturated carbocycles. The van der Waals surface area contributed by atoms with E-state index in [-0.39, 0.29) is 12.0 Å². The Morgan fingerprint density at radius 1 is 1.26 bits per heavy atom. The van der Waals surface area contributed by atoms with Crippen molar-refractivity contribution in [2.45, 2.75) is 50.3 Å². The summed E-state index contributed by atoms with van der Waals surface area (Å²) >= 11 is 0. The van der Waals surface area contributed by atoms with Gasteiger partial charge in [0.1, 0.15) is 0 Å². The maximum atomic E-state index is 13.0. The third-order valence-electron chi connectivity index (χ3n) is 5.95. The van der Waals surface area contributed by atoms with Crippen LogP contribution in [0.25, 0.3) is 0 Å². The number of fused-ring (bicyclic) bond motifs is 3. The smallest absolute Gasteiger partial charge is 0.225 e. The lowest BCUT2D eigenvalue weighted by Gasteiger charge is -2.30. The number of likely N-dealkylation sites (tertiary alicyclic amines) is 1. The van der Waals surface area contributed by atoms with Crippen LogP contribution in [-0.2, 0) is 16.1 Å². The van der Waals surface area contributed by atoms with Crippen molar-refractivity contribution in [2.24, 2.45) is 5.92 Å². The number of amides is 1. The van der Waals surface area contributed by atoms with Crippen LogP contribution in [0.3, 0.4) is 0 Å². The molecule has 1 N–H and O–H groups in total. The SMILES string of the molecule is COC1CCCC(C(=O)N2C[C@@H]3NCc4ccccc4[C@@H]3C2)C1. The molecule has 3 aliphatic rings. The highest BCUT2D eigenvalue weighted by atomic mass is 16.5. The predicted molar refractivity (Wildman–Crippen MR) is 89.1 cm³/mol. The van der Waals surface area contributed by atoms with Crippen LogP contribution in [-0.4, -0.2) is 43.2 Å². The van der Waals surface area contributed by atoms with Gasteiger partial charge in [-0.25, -0.2) is 0 Å². The van der Waals surface area contributed by atoms with E-state index in [2.05, 4.69) is 34.5 Å². The molecule has 4 rings (SSSR count). The third-order valence-corrected chi connectivity index (χ3v) is 5.95. The first-order valence-electron chi connectivity index (χ1n) is 8.89. The van der Waals surface area contributed by atoms with Crippen molar-refractivity contribution in [1.82, 2.24) is 10.2 Å². The Balaban J connectivity index is 1.47. The second-order valence-corrected chi connectivity index (χ2v) is 7.26. The highest BCUT2D eigenvalue weighted by Gasteiger charge is 2.41. The number of benzene rings is 1. The lowest BCUT2D eigenvalue weighted by molar-refractivity contribution is -0.137. The monoisotopic (exact) mass is 314 g/mol. The molecule has 2 fully saturated rings. The summed E-state index contributed by atoms with van der Waals surface area (Å²) in [5.74, 6) is 0.954. The summed E-state index contributed by atoms with van der Waals surface area (Å²) in [6.45, 7) is 2.64. The quantitative estimate of drug-likeness (QED) is 0.911. The molecule has 1 aliphatic carbocycles. The number of hydrogen-bond acceptors (Lipinski definition) is 3. The first-order valence-corrected chi connectivity index (χ1v) is 8.89. The van der Waals surface area contributed by atoms with Crippen molar-refractivity contribution in [3.63, 3.8) is 0 Å². The molecule has 124 valence electrons. The number of carbonyl (C=O) groups excluding carboxylic acids is 1. The van der Waals surface area contributed by atoms with Crippen molar-refractivity contribution in [2.75, 3.05) is 20.2 Å². The van der Waals surface area contributed by atoms with Gasteiger partial charge in [-0.3, -0.25) is 4.79 Å². The molecule has 1 saturated heterocycles. The molecular weight excluding hydrogens is 288 g/mol. The van der Waals surface area contributed by atoms with Gasteiger partial charge in [0.25, 0.3) is 0 Å². The van der Waals surface area contributed by atoms with Gasteiger partial charge >= 0.3 is 0 Å². The molecule has 4 heteroatoms. The zero-order valence-corrected chi connectivity index (χ0v) is 13.8. The number of ether oxygens (including phenoxy) is 1. The largest absolute Gasteiger partial charge is 0.381 e. The van der Waals surface area contributed by atoms with Crippen LogP contribution >= 0.6 is 0 Å². The molecule has 0 aromatic heterocycles. The van der Waals surface area contributed by atoms with Crippen LogP contribution in [0.2, 0.25) is 0 Å². The van der Waals surface area contributed by atoms with Crippen LogP contribution < -0.4 is 5.32 Å². The maximum Gasteiger partial charge on any atom is 0.225 e. The first kappa shape index (κ1) is 15.2. The molecule has 2 unspecified atom stereocenters. The fourth-order valence-electron chi connectivity index (χ4n) is 4.65. The molecule has 4 atom stereocenters. The normalized spacial score (nSPS) is 33.2. The van der Waals surface area contributed by atoms with E-state index in [4.69, 9.17) is 4.74 Å². The highest BCUT2D eigenvalue weighted by molar-refractivity contribution is 5.79.